The first-order valence-electron chi connectivity index (χ1n) is 8.51. The Bertz CT molecular complexity index is 842. The van der Waals surface area contributed by atoms with Crippen LogP contribution in [0.5, 0.6) is 11.5 Å². The van der Waals surface area contributed by atoms with Crippen molar-refractivity contribution in [3.63, 3.8) is 0 Å². The fraction of sp³-hybridized carbons (Fsp3) is 0.143. The minimum atomic E-state index is -2.93. The Hall–Kier alpha value is -2.05. The summed E-state index contributed by atoms with van der Waals surface area (Å²) in [5, 5.41) is 1.94. The van der Waals surface area contributed by atoms with Crippen LogP contribution in [0.2, 0.25) is 0 Å². The van der Waals surface area contributed by atoms with Crippen molar-refractivity contribution in [2.75, 3.05) is 13.7 Å². The molecule has 0 heterocycles. The van der Waals surface area contributed by atoms with Crippen molar-refractivity contribution in [3.05, 3.63) is 78.9 Å². The first-order chi connectivity index (χ1) is 12.7. The molecular weight excluding hydrogens is 360 g/mol. The van der Waals surface area contributed by atoms with Crippen LogP contribution < -0.4 is 15.1 Å². The number of benzene rings is 3. The molecule has 0 spiro atoms. The Morgan fingerprint density at radius 1 is 0.846 bits per heavy atom. The molecule has 26 heavy (non-hydrogen) atoms. The van der Waals surface area contributed by atoms with Gasteiger partial charge < -0.3 is 13.6 Å². The van der Waals surface area contributed by atoms with Gasteiger partial charge >= 0.3 is 8.56 Å². The minimum Gasteiger partial charge on any atom is -0.456 e. The molecule has 3 aromatic rings. The van der Waals surface area contributed by atoms with E-state index in [0.29, 0.717) is 12.4 Å². The molecule has 3 nitrogen and oxygen atoms in total. The lowest BCUT2D eigenvalue weighted by Crippen LogP contribution is -2.63. The van der Waals surface area contributed by atoms with E-state index in [9.17, 15) is 0 Å². The molecule has 134 valence electrons. The second-order valence-electron chi connectivity index (χ2n) is 5.69. The fourth-order valence-corrected chi connectivity index (χ4v) is 6.36. The zero-order chi connectivity index (χ0) is 18.4. The normalized spacial score (nSPS) is 13.2. The lowest BCUT2D eigenvalue weighted by molar-refractivity contribution is 0.235. The van der Waals surface area contributed by atoms with E-state index in [1.807, 2.05) is 85.8 Å². The summed E-state index contributed by atoms with van der Waals surface area (Å²) < 4.78 is 18.6. The van der Waals surface area contributed by atoms with Crippen LogP contribution in [-0.2, 0) is 8.85 Å². The van der Waals surface area contributed by atoms with Crippen molar-refractivity contribution >= 4 is 31.6 Å². The molecule has 0 aromatic heterocycles. The summed E-state index contributed by atoms with van der Waals surface area (Å²) in [6.07, 6.45) is 0. The highest BCUT2D eigenvalue weighted by Crippen LogP contribution is 2.29. The van der Waals surface area contributed by atoms with Crippen LogP contribution in [0.4, 0.5) is 0 Å². The maximum absolute atomic E-state index is 6.29. The Morgan fingerprint density at radius 2 is 1.50 bits per heavy atom. The highest BCUT2D eigenvalue weighted by Gasteiger charge is 2.44. The SMILES string of the molecule is CCO[Si](OC)(c1ccccc1)c1cccc(S)c1Oc1ccccc1. The van der Waals surface area contributed by atoms with E-state index in [2.05, 4.69) is 12.6 Å². The third-order valence-corrected chi connectivity index (χ3v) is 7.92. The van der Waals surface area contributed by atoms with Crippen molar-refractivity contribution in [1.29, 1.82) is 0 Å². The molecule has 3 rings (SSSR count). The zero-order valence-electron chi connectivity index (χ0n) is 14.9. The molecule has 0 aliphatic heterocycles. The average Bonchev–Trinajstić information content (AvgIpc) is 2.69. The molecule has 0 radical (unpaired) electrons. The first-order valence-corrected chi connectivity index (χ1v) is 10.8. The molecule has 1 atom stereocenters. The second kappa shape index (κ2) is 8.55. The standard InChI is InChI=1S/C21H22O3SSi/c1-3-23-26(22-2,18-13-8-5-9-14-18)20-16-10-15-19(25)21(20)24-17-11-6-4-7-12-17/h4-16,25H,3H2,1-2H3. The molecule has 0 amide bonds. The smallest absolute Gasteiger partial charge is 0.410 e. The van der Waals surface area contributed by atoms with Crippen LogP contribution >= 0.6 is 12.6 Å². The number of rotatable bonds is 7. The van der Waals surface area contributed by atoms with Gasteiger partial charge in [0.05, 0.1) is 0 Å². The molecule has 0 N–H and O–H groups in total. The largest absolute Gasteiger partial charge is 0.456 e. The molecule has 1 unspecified atom stereocenters. The quantitative estimate of drug-likeness (QED) is 0.494. The van der Waals surface area contributed by atoms with Gasteiger partial charge in [-0.05, 0) is 30.3 Å². The number of thiol groups is 1. The van der Waals surface area contributed by atoms with Gasteiger partial charge in [-0.3, -0.25) is 0 Å². The van der Waals surface area contributed by atoms with E-state index >= 15 is 0 Å². The monoisotopic (exact) mass is 382 g/mol. The van der Waals surface area contributed by atoms with Gasteiger partial charge in [-0.1, -0.05) is 60.7 Å². The van der Waals surface area contributed by atoms with Crippen molar-refractivity contribution < 1.29 is 13.6 Å². The van der Waals surface area contributed by atoms with Gasteiger partial charge in [0.1, 0.15) is 11.5 Å². The second-order valence-corrected chi connectivity index (χ2v) is 9.22. The maximum atomic E-state index is 6.29. The number of ether oxygens (including phenoxy) is 1. The summed E-state index contributed by atoms with van der Waals surface area (Å²) >= 11 is 4.64. The summed E-state index contributed by atoms with van der Waals surface area (Å²) in [5.74, 6) is 1.42. The van der Waals surface area contributed by atoms with Crippen molar-refractivity contribution in [2.45, 2.75) is 11.8 Å². The molecule has 0 fully saturated rings. The van der Waals surface area contributed by atoms with Crippen LogP contribution in [0.15, 0.2) is 83.8 Å². The molecule has 0 aliphatic carbocycles. The molecule has 0 bridgehead atoms. The highest BCUT2D eigenvalue weighted by atomic mass is 32.1. The van der Waals surface area contributed by atoms with E-state index in [4.69, 9.17) is 13.6 Å². The number of hydrogen-bond acceptors (Lipinski definition) is 4. The van der Waals surface area contributed by atoms with E-state index in [0.717, 1.165) is 21.0 Å². The van der Waals surface area contributed by atoms with E-state index in [1.54, 1.807) is 7.11 Å². The lowest BCUT2D eigenvalue weighted by atomic mass is 10.3. The third-order valence-electron chi connectivity index (χ3n) is 4.10. The summed E-state index contributed by atoms with van der Waals surface area (Å²) in [7, 11) is -1.22. The van der Waals surface area contributed by atoms with Gasteiger partial charge in [0.15, 0.2) is 0 Å². The topological polar surface area (TPSA) is 27.7 Å². The van der Waals surface area contributed by atoms with Gasteiger partial charge in [0, 0.05) is 23.8 Å². The molecule has 0 saturated carbocycles. The molecule has 5 heteroatoms. The summed E-state index contributed by atoms with van der Waals surface area (Å²) in [4.78, 5) is 0.746. The Labute approximate surface area is 161 Å². The molecule has 3 aromatic carbocycles. The van der Waals surface area contributed by atoms with Gasteiger partial charge in [-0.2, -0.15) is 0 Å². The molecule has 0 saturated heterocycles. The molecular formula is C21H22O3SSi. The maximum Gasteiger partial charge on any atom is 0.410 e. The van der Waals surface area contributed by atoms with Crippen LogP contribution in [0, 0.1) is 0 Å². The van der Waals surface area contributed by atoms with Crippen LogP contribution in [0.3, 0.4) is 0 Å². The van der Waals surface area contributed by atoms with E-state index < -0.39 is 8.56 Å². The van der Waals surface area contributed by atoms with E-state index in [-0.39, 0.29) is 0 Å². The molecule has 0 aliphatic rings. The predicted octanol–water partition coefficient (Wildman–Crippen LogP) is 4.01. The zero-order valence-corrected chi connectivity index (χ0v) is 16.8. The minimum absolute atomic E-state index is 0.538. The summed E-state index contributed by atoms with van der Waals surface area (Å²) in [6.45, 7) is 2.52. The Kier molecular flexibility index (Phi) is 6.16. The van der Waals surface area contributed by atoms with Gasteiger partial charge in [0.2, 0.25) is 0 Å². The van der Waals surface area contributed by atoms with Gasteiger partial charge in [-0.25, -0.2) is 0 Å². The van der Waals surface area contributed by atoms with Gasteiger partial charge in [0.25, 0.3) is 0 Å². The Balaban J connectivity index is 2.17. The van der Waals surface area contributed by atoms with Crippen molar-refractivity contribution in [1.82, 2.24) is 0 Å². The number of para-hydroxylation sites is 2. The van der Waals surface area contributed by atoms with Crippen molar-refractivity contribution in [2.24, 2.45) is 0 Å². The highest BCUT2D eigenvalue weighted by molar-refractivity contribution is 7.80. The summed E-state index contributed by atoms with van der Waals surface area (Å²) in [5.41, 5.74) is 0. The van der Waals surface area contributed by atoms with Crippen LogP contribution in [0.1, 0.15) is 6.92 Å². The van der Waals surface area contributed by atoms with Crippen molar-refractivity contribution in [3.8, 4) is 11.5 Å². The Morgan fingerprint density at radius 3 is 2.12 bits per heavy atom. The first kappa shape index (κ1) is 18.7. The van der Waals surface area contributed by atoms with Crippen LogP contribution in [0.25, 0.3) is 0 Å². The fourth-order valence-electron chi connectivity index (χ4n) is 2.96. The van der Waals surface area contributed by atoms with Crippen LogP contribution in [-0.4, -0.2) is 22.3 Å². The third kappa shape index (κ3) is 3.71. The summed E-state index contributed by atoms with van der Waals surface area (Å²) in [6, 6.07) is 25.6. The number of hydrogen-bond donors (Lipinski definition) is 1. The predicted molar refractivity (Wildman–Crippen MR) is 110 cm³/mol. The van der Waals surface area contributed by atoms with Gasteiger partial charge in [-0.15, -0.1) is 12.6 Å². The average molecular weight is 383 g/mol. The lowest BCUT2D eigenvalue weighted by Gasteiger charge is -2.31. The van der Waals surface area contributed by atoms with E-state index in [1.165, 1.54) is 0 Å².